The number of H-pyrrole nitrogens is 1. The van der Waals surface area contributed by atoms with Crippen molar-refractivity contribution < 1.29 is 51.4 Å². The van der Waals surface area contributed by atoms with Crippen LogP contribution < -0.4 is 17.0 Å². The van der Waals surface area contributed by atoms with Crippen molar-refractivity contribution >= 4 is 60.4 Å². The second-order valence-electron chi connectivity index (χ2n) is 10.1. The van der Waals surface area contributed by atoms with Gasteiger partial charge in [-0.3, -0.25) is 32.5 Å². The third-order valence-electron chi connectivity index (χ3n) is 7.28. The minimum absolute atomic E-state index is 0.0211. The molecule has 0 amide bonds. The number of nitrogen functional groups attached to an aromatic ring is 2. The van der Waals surface area contributed by atoms with Crippen LogP contribution in [0.5, 0.6) is 0 Å². The highest BCUT2D eigenvalue weighted by atomic mass is 32.5. The van der Waals surface area contributed by atoms with E-state index in [1.54, 1.807) is 0 Å². The van der Waals surface area contributed by atoms with Crippen LogP contribution in [0, 0.1) is 0 Å². The summed E-state index contributed by atoms with van der Waals surface area (Å²) < 4.78 is 64.4. The summed E-state index contributed by atoms with van der Waals surface area (Å²) in [5.74, 6) is -0.232. The van der Waals surface area contributed by atoms with Gasteiger partial charge in [0.05, 0.1) is 25.9 Å². The van der Waals surface area contributed by atoms with E-state index in [9.17, 15) is 24.3 Å². The number of imidazole rings is 2. The van der Waals surface area contributed by atoms with Crippen LogP contribution in [-0.2, 0) is 43.9 Å². The van der Waals surface area contributed by atoms with Crippen LogP contribution in [-0.4, -0.2) is 104 Å². The monoisotopic (exact) mass is 692 g/mol. The van der Waals surface area contributed by atoms with Crippen LogP contribution in [0.4, 0.5) is 16.2 Å². The van der Waals surface area contributed by atoms with E-state index in [0.29, 0.717) is 0 Å². The molecule has 2 bridgehead atoms. The Hall–Kier alpha value is -3.05. The van der Waals surface area contributed by atoms with Crippen LogP contribution in [0.3, 0.4) is 0 Å². The van der Waals surface area contributed by atoms with Crippen molar-refractivity contribution in [3.05, 3.63) is 29.3 Å². The molecule has 7 heterocycles. The van der Waals surface area contributed by atoms with Crippen molar-refractivity contribution in [3.8, 4) is 0 Å². The molecule has 25 heteroatoms. The summed E-state index contributed by atoms with van der Waals surface area (Å²) in [4.78, 5) is 56.2. The Balaban J connectivity index is 1.21. The first-order chi connectivity index (χ1) is 21.3. The largest absolute Gasteiger partial charge is 0.472 e. The van der Waals surface area contributed by atoms with E-state index in [4.69, 9.17) is 50.8 Å². The molecule has 4 aromatic heterocycles. The maximum absolute atomic E-state index is 15.9. The maximum Gasteiger partial charge on any atom is 0.472 e. The van der Waals surface area contributed by atoms with Gasteiger partial charge >= 0.3 is 14.5 Å². The molecule has 0 saturated carbocycles. The fraction of sp³-hybridized carbons (Fsp3) is 0.500. The topological polar surface area (TPSA) is 292 Å². The second-order valence-corrected chi connectivity index (χ2v) is 14.3. The highest BCUT2D eigenvalue weighted by Crippen LogP contribution is 2.54. The van der Waals surface area contributed by atoms with E-state index in [0.717, 1.165) is 12.7 Å². The number of nitrogens with zero attached hydrogens (tertiary/aromatic N) is 7. The zero-order chi connectivity index (χ0) is 31.8. The molecule has 0 spiro atoms. The van der Waals surface area contributed by atoms with Crippen LogP contribution >= 0.6 is 14.5 Å². The first-order valence-electron chi connectivity index (χ1n) is 12.9. The highest BCUT2D eigenvalue weighted by Gasteiger charge is 2.54. The third kappa shape index (κ3) is 5.43. The Morgan fingerprint density at radius 1 is 0.956 bits per heavy atom. The molecule has 0 radical (unpaired) electrons. The molecule has 4 unspecified atom stereocenters. The second kappa shape index (κ2) is 11.0. The molecule has 3 aliphatic rings. The Kier molecular flexibility index (Phi) is 7.50. The average Bonchev–Trinajstić information content (AvgIpc) is 3.72. The van der Waals surface area contributed by atoms with Crippen molar-refractivity contribution in [1.82, 2.24) is 39.0 Å². The quantitative estimate of drug-likeness (QED) is 0.134. The lowest BCUT2D eigenvalue weighted by Gasteiger charge is -2.27. The third-order valence-corrected chi connectivity index (χ3v) is 9.82. The van der Waals surface area contributed by atoms with Gasteiger partial charge in [0.1, 0.15) is 42.4 Å². The van der Waals surface area contributed by atoms with E-state index in [1.807, 2.05) is 0 Å². The molecule has 10 atom stereocenters. The van der Waals surface area contributed by atoms with Gasteiger partial charge in [-0.2, -0.15) is 4.98 Å². The lowest BCUT2D eigenvalue weighted by molar-refractivity contribution is -0.0635. The lowest BCUT2D eigenvalue weighted by Crippen LogP contribution is -2.35. The number of aliphatic hydroxyl groups excluding tert-OH is 1. The molecule has 3 fully saturated rings. The Labute approximate surface area is 254 Å². The summed E-state index contributed by atoms with van der Waals surface area (Å²) in [5, 5.41) is 11.1. The molecule has 3 saturated heterocycles. The molecular formula is C20H23FN10O11P2S. The van der Waals surface area contributed by atoms with Crippen molar-refractivity contribution in [1.29, 1.82) is 0 Å². The number of aromatic nitrogens is 8. The number of phosphoric acid groups is 1. The number of fused-ring (bicyclic) bond motifs is 5. The zero-order valence-corrected chi connectivity index (χ0v) is 24.9. The summed E-state index contributed by atoms with van der Waals surface area (Å²) in [6.07, 6.45) is -9.45. The number of nitrogens with two attached hydrogens (primary N) is 2. The Morgan fingerprint density at radius 2 is 1.64 bits per heavy atom. The minimum Gasteiger partial charge on any atom is -0.387 e. The van der Waals surface area contributed by atoms with Crippen molar-refractivity contribution in [2.75, 3.05) is 24.7 Å². The van der Waals surface area contributed by atoms with E-state index < -0.39 is 82.5 Å². The van der Waals surface area contributed by atoms with Crippen molar-refractivity contribution in [3.63, 3.8) is 0 Å². The van der Waals surface area contributed by atoms with Gasteiger partial charge in [0.2, 0.25) is 5.95 Å². The number of hydrogen-bond acceptors (Lipinski definition) is 17. The van der Waals surface area contributed by atoms with Crippen molar-refractivity contribution in [2.24, 2.45) is 0 Å². The van der Waals surface area contributed by atoms with E-state index in [2.05, 4.69) is 29.9 Å². The maximum atomic E-state index is 15.9. The SMILES string of the molecule is Nc1nc2c(ncn2[C@@H]2O[C@@H]3COP(=O)(O)O[C@@H]4C(F)[C@H](n5cnc6c(N)ncnc65)O[C@@H]4COP(O)(=S)OC2[C@H]3O)c(=O)[nH]1. The van der Waals surface area contributed by atoms with Gasteiger partial charge in [-0.05, 0) is 11.8 Å². The van der Waals surface area contributed by atoms with Crippen LogP contribution in [0.2, 0.25) is 0 Å². The fourth-order valence-electron chi connectivity index (χ4n) is 5.26. The van der Waals surface area contributed by atoms with Gasteiger partial charge in [0.15, 0.2) is 41.3 Å². The molecule has 3 aliphatic heterocycles. The molecule has 7 rings (SSSR count). The number of phosphoric ester groups is 1. The first-order valence-corrected chi connectivity index (χ1v) is 17.0. The van der Waals surface area contributed by atoms with E-state index in [1.165, 1.54) is 15.5 Å². The van der Waals surface area contributed by atoms with E-state index in [-0.39, 0.29) is 34.1 Å². The predicted molar refractivity (Wildman–Crippen MR) is 149 cm³/mol. The molecular weight excluding hydrogens is 669 g/mol. The van der Waals surface area contributed by atoms with Gasteiger partial charge in [-0.1, -0.05) is 0 Å². The number of aliphatic hydroxyl groups is 1. The number of rotatable bonds is 2. The summed E-state index contributed by atoms with van der Waals surface area (Å²) in [6, 6.07) is 0. The van der Waals surface area contributed by atoms with Gasteiger partial charge in [0.25, 0.3) is 5.56 Å². The van der Waals surface area contributed by atoms with Gasteiger partial charge in [0, 0.05) is 0 Å². The molecule has 242 valence electrons. The molecule has 4 aromatic rings. The lowest BCUT2D eigenvalue weighted by atomic mass is 10.1. The number of halogens is 1. The van der Waals surface area contributed by atoms with Crippen molar-refractivity contribution in [2.45, 2.75) is 49.1 Å². The number of aromatic amines is 1. The molecule has 21 nitrogen and oxygen atoms in total. The van der Waals surface area contributed by atoms with Gasteiger partial charge in [-0.15, -0.1) is 0 Å². The van der Waals surface area contributed by atoms with E-state index >= 15 is 4.39 Å². The number of anilines is 2. The van der Waals surface area contributed by atoms with Crippen LogP contribution in [0.25, 0.3) is 22.3 Å². The van der Waals surface area contributed by atoms with Gasteiger partial charge < -0.3 is 40.4 Å². The minimum atomic E-state index is -5.09. The molecule has 0 aromatic carbocycles. The molecule has 8 N–H and O–H groups in total. The summed E-state index contributed by atoms with van der Waals surface area (Å²) >= 11 is 5.18. The number of ether oxygens (including phenoxy) is 2. The number of nitrogens with one attached hydrogen (secondary N) is 1. The number of alkyl halides is 1. The standard InChI is InChI=1S/C20H23FN10O11P2S/c21-8-12-7(40-18(8)30-4-26-9-14(22)24-3-25-15(9)30)2-38-44(36,45)42-13-11(32)6(1-37-43(34,35)41-12)39-19(13)31-5-27-10-16(31)28-20(23)29-17(10)33/h3-8,11-13,18-19,32H,1-2H2,(H,34,35)(H,36,45)(H2,22,24,25)(H3,23,28,29,33)/t6-,7-,8?,11+,12+,13?,18-,19-,44?/m1/s1. The number of hydrogen-bond donors (Lipinski definition) is 6. The Bertz CT molecular complexity index is 1950. The normalized spacial score (nSPS) is 37.7. The summed E-state index contributed by atoms with van der Waals surface area (Å²) in [5.41, 5.74) is 10.9. The van der Waals surface area contributed by atoms with Gasteiger partial charge in [-0.25, -0.2) is 28.9 Å². The zero-order valence-electron chi connectivity index (χ0n) is 22.3. The van der Waals surface area contributed by atoms with Crippen LogP contribution in [0.15, 0.2) is 23.8 Å². The molecule has 0 aliphatic carbocycles. The first kappa shape index (κ1) is 30.6. The summed E-state index contributed by atoms with van der Waals surface area (Å²) in [7, 11) is -5.09. The van der Waals surface area contributed by atoms with Crippen LogP contribution in [0.1, 0.15) is 12.5 Å². The molecule has 45 heavy (non-hydrogen) atoms. The fourth-order valence-corrected chi connectivity index (χ4v) is 7.63. The average molecular weight is 692 g/mol. The smallest absolute Gasteiger partial charge is 0.387 e. The Morgan fingerprint density at radius 3 is 2.42 bits per heavy atom. The summed E-state index contributed by atoms with van der Waals surface area (Å²) in [6.45, 7) is -5.82. The highest BCUT2D eigenvalue weighted by molar-refractivity contribution is 8.07. The predicted octanol–water partition coefficient (Wildman–Crippen LogP) is -1.25.